The van der Waals surface area contributed by atoms with Gasteiger partial charge in [-0.3, -0.25) is 4.79 Å². The van der Waals surface area contributed by atoms with Crippen LogP contribution in [-0.4, -0.2) is 55.6 Å². The molecule has 0 spiro atoms. The van der Waals surface area contributed by atoms with Crippen molar-refractivity contribution >= 4 is 12.0 Å². The largest absolute Gasteiger partial charge is 0.450 e. The molecule has 0 heterocycles. The highest BCUT2D eigenvalue weighted by Crippen LogP contribution is 2.03. The van der Waals surface area contributed by atoms with E-state index < -0.39 is 0 Å². The van der Waals surface area contributed by atoms with Crippen LogP contribution in [0.5, 0.6) is 0 Å². The number of nitrogens with zero attached hydrogens (tertiary/aromatic N) is 2. The summed E-state index contributed by atoms with van der Waals surface area (Å²) in [5, 5.41) is 0. The number of ether oxygens (including phenoxy) is 1. The van der Waals surface area contributed by atoms with Crippen LogP contribution in [0.25, 0.3) is 0 Å². The van der Waals surface area contributed by atoms with Crippen LogP contribution >= 0.6 is 0 Å². The van der Waals surface area contributed by atoms with E-state index in [4.69, 9.17) is 4.74 Å². The summed E-state index contributed by atoms with van der Waals surface area (Å²) in [5.41, 5.74) is 1.23. The predicted molar refractivity (Wildman–Crippen MR) is 86.7 cm³/mol. The van der Waals surface area contributed by atoms with E-state index in [2.05, 4.69) is 12.1 Å². The first kappa shape index (κ1) is 18.0. The molecular formula is C17H26N2O3. The van der Waals surface area contributed by atoms with Crippen LogP contribution in [0.1, 0.15) is 25.3 Å². The fraction of sp³-hybridized carbons (Fsp3) is 0.529. The molecule has 0 aliphatic heterocycles. The topological polar surface area (TPSA) is 49.9 Å². The molecule has 1 aromatic rings. The number of carbonyl (C=O) groups is 2. The van der Waals surface area contributed by atoms with Gasteiger partial charge in [-0.25, -0.2) is 4.79 Å². The Morgan fingerprint density at radius 2 is 1.73 bits per heavy atom. The molecule has 0 atom stereocenters. The van der Waals surface area contributed by atoms with E-state index in [-0.39, 0.29) is 12.0 Å². The molecule has 0 saturated carbocycles. The Morgan fingerprint density at radius 1 is 1.05 bits per heavy atom. The Bertz CT molecular complexity index is 462. The number of amides is 2. The number of carbonyl (C=O) groups excluding carboxylic acids is 2. The summed E-state index contributed by atoms with van der Waals surface area (Å²) in [5.74, 6) is 0.105. The third-order valence-corrected chi connectivity index (χ3v) is 3.47. The number of hydrogen-bond donors (Lipinski definition) is 0. The maximum Gasteiger partial charge on any atom is 0.409 e. The Balaban J connectivity index is 2.22. The zero-order valence-corrected chi connectivity index (χ0v) is 13.7. The predicted octanol–water partition coefficient (Wildman–Crippen LogP) is 2.56. The highest BCUT2D eigenvalue weighted by atomic mass is 16.5. The Labute approximate surface area is 132 Å². The molecule has 122 valence electrons. The molecule has 0 N–H and O–H groups in total. The van der Waals surface area contributed by atoms with Gasteiger partial charge in [0.25, 0.3) is 0 Å². The molecule has 0 aromatic heterocycles. The minimum absolute atomic E-state index is 0.105. The van der Waals surface area contributed by atoms with E-state index in [1.807, 2.05) is 25.2 Å². The first-order chi connectivity index (χ1) is 10.5. The monoisotopic (exact) mass is 306 g/mol. The molecule has 0 aliphatic rings. The zero-order valence-electron chi connectivity index (χ0n) is 13.7. The van der Waals surface area contributed by atoms with Crippen LogP contribution in [0.2, 0.25) is 0 Å². The summed E-state index contributed by atoms with van der Waals surface area (Å²) in [6, 6.07) is 10.1. The van der Waals surface area contributed by atoms with E-state index >= 15 is 0 Å². The van der Waals surface area contributed by atoms with Gasteiger partial charge in [0.2, 0.25) is 5.91 Å². The number of hydrogen-bond acceptors (Lipinski definition) is 3. The van der Waals surface area contributed by atoms with Gasteiger partial charge < -0.3 is 14.5 Å². The molecule has 5 heteroatoms. The fourth-order valence-corrected chi connectivity index (χ4v) is 2.05. The summed E-state index contributed by atoms with van der Waals surface area (Å²) < 4.78 is 4.89. The molecule has 5 nitrogen and oxygen atoms in total. The van der Waals surface area contributed by atoms with Crippen molar-refractivity contribution in [2.45, 2.75) is 26.2 Å². The van der Waals surface area contributed by atoms with E-state index in [0.717, 1.165) is 6.42 Å². The van der Waals surface area contributed by atoms with E-state index in [0.29, 0.717) is 32.5 Å². The minimum atomic E-state index is -0.340. The second-order valence-corrected chi connectivity index (χ2v) is 5.27. The average molecular weight is 306 g/mol. The summed E-state index contributed by atoms with van der Waals surface area (Å²) in [7, 11) is 3.50. The highest BCUT2D eigenvalue weighted by Gasteiger charge is 2.12. The molecule has 0 fully saturated rings. The van der Waals surface area contributed by atoms with Crippen molar-refractivity contribution in [2.75, 3.05) is 33.8 Å². The molecule has 0 saturated heterocycles. The lowest BCUT2D eigenvalue weighted by Crippen LogP contribution is -2.31. The quantitative estimate of drug-likeness (QED) is 0.741. The summed E-state index contributed by atoms with van der Waals surface area (Å²) >= 11 is 0. The average Bonchev–Trinajstić information content (AvgIpc) is 2.53. The second-order valence-electron chi connectivity index (χ2n) is 5.27. The van der Waals surface area contributed by atoms with Crippen molar-refractivity contribution < 1.29 is 14.3 Å². The summed E-state index contributed by atoms with van der Waals surface area (Å²) in [4.78, 5) is 26.7. The van der Waals surface area contributed by atoms with Crippen molar-refractivity contribution in [3.63, 3.8) is 0 Å². The second kappa shape index (κ2) is 9.82. The van der Waals surface area contributed by atoms with Gasteiger partial charge in [-0.15, -0.1) is 0 Å². The van der Waals surface area contributed by atoms with Gasteiger partial charge in [-0.2, -0.15) is 0 Å². The van der Waals surface area contributed by atoms with Crippen LogP contribution in [0.4, 0.5) is 4.79 Å². The third-order valence-electron chi connectivity index (χ3n) is 3.47. The maximum atomic E-state index is 12.0. The van der Waals surface area contributed by atoms with E-state index in [1.165, 1.54) is 10.5 Å². The molecule has 1 aromatic carbocycles. The molecule has 22 heavy (non-hydrogen) atoms. The van der Waals surface area contributed by atoms with Crippen LogP contribution in [0.3, 0.4) is 0 Å². The SMILES string of the molecule is CCOC(=O)N(C)CCCC(=O)N(C)CCc1ccccc1. The summed E-state index contributed by atoms with van der Waals surface area (Å²) in [6.07, 6.45) is 1.59. The molecule has 0 unspecified atom stereocenters. The lowest BCUT2D eigenvalue weighted by atomic mass is 10.1. The van der Waals surface area contributed by atoms with Crippen LogP contribution < -0.4 is 0 Å². The normalized spacial score (nSPS) is 10.1. The van der Waals surface area contributed by atoms with Crippen LogP contribution in [0.15, 0.2) is 30.3 Å². The molecule has 2 amide bonds. The van der Waals surface area contributed by atoms with Gasteiger partial charge in [-0.05, 0) is 25.3 Å². The zero-order chi connectivity index (χ0) is 16.4. The highest BCUT2D eigenvalue weighted by molar-refractivity contribution is 5.76. The van der Waals surface area contributed by atoms with Crippen molar-refractivity contribution in [2.24, 2.45) is 0 Å². The molecule has 0 radical (unpaired) electrons. The van der Waals surface area contributed by atoms with Crippen molar-refractivity contribution in [3.8, 4) is 0 Å². The number of benzene rings is 1. The van der Waals surface area contributed by atoms with Crippen LogP contribution in [0, 0.1) is 0 Å². The van der Waals surface area contributed by atoms with Crippen molar-refractivity contribution in [1.29, 1.82) is 0 Å². The lowest BCUT2D eigenvalue weighted by molar-refractivity contribution is -0.130. The first-order valence-corrected chi connectivity index (χ1v) is 7.70. The first-order valence-electron chi connectivity index (χ1n) is 7.70. The number of likely N-dealkylation sites (N-methyl/N-ethyl adjacent to an activating group) is 1. The summed E-state index contributed by atoms with van der Waals surface area (Å²) in [6.45, 7) is 3.37. The molecule has 0 bridgehead atoms. The van der Waals surface area contributed by atoms with Gasteiger partial charge >= 0.3 is 6.09 Å². The Kier molecular flexibility index (Phi) is 8.04. The molecule has 0 aliphatic carbocycles. The van der Waals surface area contributed by atoms with Crippen LogP contribution in [-0.2, 0) is 16.0 Å². The van der Waals surface area contributed by atoms with Gasteiger partial charge in [-0.1, -0.05) is 30.3 Å². The smallest absolute Gasteiger partial charge is 0.409 e. The van der Waals surface area contributed by atoms with Gasteiger partial charge in [0.15, 0.2) is 0 Å². The Hall–Kier alpha value is -2.04. The Morgan fingerprint density at radius 3 is 2.36 bits per heavy atom. The molecule has 1 rings (SSSR count). The van der Waals surface area contributed by atoms with Gasteiger partial charge in [0, 0.05) is 33.6 Å². The lowest BCUT2D eigenvalue weighted by Gasteiger charge is -2.19. The van der Waals surface area contributed by atoms with E-state index in [1.54, 1.807) is 18.9 Å². The van der Waals surface area contributed by atoms with E-state index in [9.17, 15) is 9.59 Å². The van der Waals surface area contributed by atoms with Gasteiger partial charge in [0.1, 0.15) is 0 Å². The maximum absolute atomic E-state index is 12.0. The fourth-order valence-electron chi connectivity index (χ4n) is 2.05. The van der Waals surface area contributed by atoms with Crippen molar-refractivity contribution in [3.05, 3.63) is 35.9 Å². The molecular weight excluding hydrogens is 280 g/mol. The third kappa shape index (κ3) is 6.61. The number of rotatable bonds is 8. The standard InChI is InChI=1S/C17H26N2O3/c1-4-22-17(21)19(3)13-8-11-16(20)18(2)14-12-15-9-6-5-7-10-15/h5-7,9-10H,4,8,11-14H2,1-3H3. The van der Waals surface area contributed by atoms with Crippen molar-refractivity contribution in [1.82, 2.24) is 9.80 Å². The van der Waals surface area contributed by atoms with Gasteiger partial charge in [0.05, 0.1) is 6.61 Å². The minimum Gasteiger partial charge on any atom is -0.450 e.